The molecule has 0 atom stereocenters. The van der Waals surface area contributed by atoms with Crippen LogP contribution >= 0.6 is 11.6 Å². The molecule has 1 heterocycles. The van der Waals surface area contributed by atoms with E-state index in [1.165, 1.54) is 5.56 Å². The summed E-state index contributed by atoms with van der Waals surface area (Å²) in [5.74, 6) is 2.94. The van der Waals surface area contributed by atoms with Crippen LogP contribution < -0.4 is 20.1 Å². The third-order valence-electron chi connectivity index (χ3n) is 3.98. The zero-order chi connectivity index (χ0) is 19.6. The van der Waals surface area contributed by atoms with Gasteiger partial charge in [0.25, 0.3) is 0 Å². The molecule has 3 aromatic rings. The Kier molecular flexibility index (Phi) is 7.32. The van der Waals surface area contributed by atoms with Gasteiger partial charge in [-0.15, -0.1) is 0 Å². The number of methoxy groups -OCH3 is 1. The smallest absolute Gasteiger partial charge is 0.224 e. The molecule has 28 heavy (non-hydrogen) atoms. The highest BCUT2D eigenvalue weighted by Gasteiger charge is 2.01. The lowest BCUT2D eigenvalue weighted by atomic mass is 10.1. The lowest BCUT2D eigenvalue weighted by Gasteiger charge is -2.10. The zero-order valence-corrected chi connectivity index (χ0v) is 16.4. The van der Waals surface area contributed by atoms with E-state index in [2.05, 4.69) is 26.7 Å². The molecule has 2 aromatic carbocycles. The van der Waals surface area contributed by atoms with E-state index in [4.69, 9.17) is 21.1 Å². The van der Waals surface area contributed by atoms with E-state index in [0.717, 1.165) is 35.3 Å². The Balaban J connectivity index is 1.40. The second kappa shape index (κ2) is 10.4. The summed E-state index contributed by atoms with van der Waals surface area (Å²) in [6.45, 7) is 1.88. The molecular formula is C21H23ClN4O2. The Morgan fingerprint density at radius 1 is 0.964 bits per heavy atom. The molecule has 7 heteroatoms. The van der Waals surface area contributed by atoms with Crippen molar-refractivity contribution in [2.75, 3.05) is 37.4 Å². The van der Waals surface area contributed by atoms with Crippen LogP contribution in [0.2, 0.25) is 5.02 Å². The van der Waals surface area contributed by atoms with Crippen LogP contribution in [0.25, 0.3) is 0 Å². The first kappa shape index (κ1) is 19.8. The fourth-order valence-electron chi connectivity index (χ4n) is 2.57. The van der Waals surface area contributed by atoms with E-state index in [1.54, 1.807) is 13.3 Å². The van der Waals surface area contributed by atoms with Crippen LogP contribution in [0, 0.1) is 0 Å². The van der Waals surface area contributed by atoms with Crippen molar-refractivity contribution >= 4 is 23.4 Å². The van der Waals surface area contributed by atoms with Gasteiger partial charge in [-0.2, -0.15) is 4.98 Å². The molecule has 0 aliphatic carbocycles. The third kappa shape index (κ3) is 6.32. The Hall–Kier alpha value is -2.99. The molecule has 0 aliphatic rings. The average Bonchev–Trinajstić information content (AvgIpc) is 2.72. The molecule has 0 fully saturated rings. The van der Waals surface area contributed by atoms with Gasteiger partial charge in [0, 0.05) is 17.8 Å². The minimum absolute atomic E-state index is 0.522. The summed E-state index contributed by atoms with van der Waals surface area (Å²) < 4.78 is 10.8. The SMILES string of the molecule is COc1ccc(OCCNc2ccnc(NCCc3cccc(Cl)c3)n2)cc1. The second-order valence-corrected chi connectivity index (χ2v) is 6.46. The number of anilines is 2. The molecule has 0 spiro atoms. The van der Waals surface area contributed by atoms with Gasteiger partial charge in [-0.25, -0.2) is 4.98 Å². The standard InChI is InChI=1S/C21H23ClN4O2/c1-27-18-5-7-19(8-6-18)28-14-13-23-20-10-12-25-21(26-20)24-11-9-16-3-2-4-17(22)15-16/h2-8,10,12,15H,9,11,13-14H2,1H3,(H2,23,24,25,26). The van der Waals surface area contributed by atoms with E-state index < -0.39 is 0 Å². The van der Waals surface area contributed by atoms with Gasteiger partial charge >= 0.3 is 0 Å². The minimum atomic E-state index is 0.522. The summed E-state index contributed by atoms with van der Waals surface area (Å²) in [7, 11) is 1.64. The van der Waals surface area contributed by atoms with Crippen LogP contribution in [0.15, 0.2) is 60.8 Å². The first-order chi connectivity index (χ1) is 13.7. The van der Waals surface area contributed by atoms with Crippen molar-refractivity contribution in [1.82, 2.24) is 9.97 Å². The van der Waals surface area contributed by atoms with Crippen molar-refractivity contribution in [2.24, 2.45) is 0 Å². The molecular weight excluding hydrogens is 376 g/mol. The lowest BCUT2D eigenvalue weighted by molar-refractivity contribution is 0.331. The largest absolute Gasteiger partial charge is 0.497 e. The lowest BCUT2D eigenvalue weighted by Crippen LogP contribution is -2.14. The van der Waals surface area contributed by atoms with Crippen molar-refractivity contribution < 1.29 is 9.47 Å². The molecule has 0 aliphatic heterocycles. The van der Waals surface area contributed by atoms with Gasteiger partial charge in [0.05, 0.1) is 13.7 Å². The van der Waals surface area contributed by atoms with E-state index in [1.807, 2.05) is 48.5 Å². The van der Waals surface area contributed by atoms with Gasteiger partial charge < -0.3 is 20.1 Å². The molecule has 0 unspecified atom stereocenters. The minimum Gasteiger partial charge on any atom is -0.497 e. The fraction of sp³-hybridized carbons (Fsp3) is 0.238. The highest BCUT2D eigenvalue weighted by molar-refractivity contribution is 6.30. The normalized spacial score (nSPS) is 10.4. The van der Waals surface area contributed by atoms with Gasteiger partial charge in [-0.3, -0.25) is 0 Å². The van der Waals surface area contributed by atoms with E-state index >= 15 is 0 Å². The number of hydrogen-bond donors (Lipinski definition) is 2. The summed E-state index contributed by atoms with van der Waals surface area (Å²) in [6.07, 6.45) is 2.57. The summed E-state index contributed by atoms with van der Waals surface area (Å²) in [5, 5.41) is 7.21. The molecule has 2 N–H and O–H groups in total. The van der Waals surface area contributed by atoms with E-state index in [9.17, 15) is 0 Å². The first-order valence-electron chi connectivity index (χ1n) is 9.05. The van der Waals surface area contributed by atoms with Crippen LogP contribution in [-0.4, -0.2) is 36.8 Å². The number of aromatic nitrogens is 2. The summed E-state index contributed by atoms with van der Waals surface area (Å²) in [5.41, 5.74) is 1.17. The number of nitrogens with zero attached hydrogens (tertiary/aromatic N) is 2. The number of halogens is 1. The predicted octanol–water partition coefficient (Wildman–Crippen LogP) is 4.28. The third-order valence-corrected chi connectivity index (χ3v) is 4.21. The maximum absolute atomic E-state index is 6.01. The molecule has 0 radical (unpaired) electrons. The Morgan fingerprint density at radius 3 is 2.57 bits per heavy atom. The molecule has 1 aromatic heterocycles. The molecule has 0 saturated carbocycles. The van der Waals surface area contributed by atoms with Crippen LogP contribution in [0.4, 0.5) is 11.8 Å². The number of ether oxygens (including phenoxy) is 2. The van der Waals surface area contributed by atoms with Gasteiger partial charge in [-0.1, -0.05) is 23.7 Å². The van der Waals surface area contributed by atoms with Crippen molar-refractivity contribution in [2.45, 2.75) is 6.42 Å². The number of benzene rings is 2. The van der Waals surface area contributed by atoms with Crippen LogP contribution in [0.5, 0.6) is 11.5 Å². The quantitative estimate of drug-likeness (QED) is 0.497. The molecule has 0 bridgehead atoms. The van der Waals surface area contributed by atoms with E-state index in [0.29, 0.717) is 19.1 Å². The van der Waals surface area contributed by atoms with Gasteiger partial charge in [0.2, 0.25) is 5.95 Å². The highest BCUT2D eigenvalue weighted by atomic mass is 35.5. The predicted molar refractivity (Wildman–Crippen MR) is 113 cm³/mol. The Labute approximate surface area is 169 Å². The monoisotopic (exact) mass is 398 g/mol. The number of rotatable bonds is 10. The van der Waals surface area contributed by atoms with Crippen molar-refractivity contribution in [3.63, 3.8) is 0 Å². The molecule has 0 amide bonds. The van der Waals surface area contributed by atoms with Crippen LogP contribution in [0.3, 0.4) is 0 Å². The van der Waals surface area contributed by atoms with Gasteiger partial charge in [0.1, 0.15) is 23.9 Å². The highest BCUT2D eigenvalue weighted by Crippen LogP contribution is 2.17. The van der Waals surface area contributed by atoms with Gasteiger partial charge in [0.15, 0.2) is 0 Å². The molecule has 0 saturated heterocycles. The second-order valence-electron chi connectivity index (χ2n) is 6.02. The zero-order valence-electron chi connectivity index (χ0n) is 15.7. The maximum Gasteiger partial charge on any atom is 0.224 e. The molecule has 6 nitrogen and oxygen atoms in total. The molecule has 3 rings (SSSR count). The maximum atomic E-state index is 6.01. The number of hydrogen-bond acceptors (Lipinski definition) is 6. The van der Waals surface area contributed by atoms with Crippen molar-refractivity contribution in [3.05, 3.63) is 71.4 Å². The van der Waals surface area contributed by atoms with Crippen LogP contribution in [-0.2, 0) is 6.42 Å². The summed E-state index contributed by atoms with van der Waals surface area (Å²) in [4.78, 5) is 8.71. The first-order valence-corrected chi connectivity index (χ1v) is 9.43. The van der Waals surface area contributed by atoms with Crippen molar-refractivity contribution in [1.29, 1.82) is 0 Å². The fourth-order valence-corrected chi connectivity index (χ4v) is 2.79. The van der Waals surface area contributed by atoms with Crippen molar-refractivity contribution in [3.8, 4) is 11.5 Å². The molecule has 146 valence electrons. The van der Waals surface area contributed by atoms with E-state index in [-0.39, 0.29) is 0 Å². The Morgan fingerprint density at radius 2 is 1.79 bits per heavy atom. The average molecular weight is 399 g/mol. The number of nitrogens with one attached hydrogen (secondary N) is 2. The summed E-state index contributed by atoms with van der Waals surface area (Å²) in [6, 6.07) is 17.2. The summed E-state index contributed by atoms with van der Waals surface area (Å²) >= 11 is 6.01. The van der Waals surface area contributed by atoms with Gasteiger partial charge in [-0.05, 0) is 54.4 Å². The van der Waals surface area contributed by atoms with Crippen LogP contribution in [0.1, 0.15) is 5.56 Å². The Bertz CT molecular complexity index is 874. The topological polar surface area (TPSA) is 68.3 Å².